The van der Waals surface area contributed by atoms with Gasteiger partial charge in [-0.2, -0.15) is 4.98 Å². The minimum atomic E-state index is -0.465. The highest BCUT2D eigenvalue weighted by Crippen LogP contribution is 2.34. The van der Waals surface area contributed by atoms with Gasteiger partial charge < -0.3 is 4.74 Å². The number of benzene rings is 1. The summed E-state index contributed by atoms with van der Waals surface area (Å²) in [5, 5.41) is 0.354. The molecule has 0 bridgehead atoms. The van der Waals surface area contributed by atoms with E-state index >= 15 is 0 Å². The van der Waals surface area contributed by atoms with E-state index in [0.717, 1.165) is 17.4 Å². The lowest BCUT2D eigenvalue weighted by Crippen LogP contribution is -1.85. The first-order chi connectivity index (χ1) is 8.10. The van der Waals surface area contributed by atoms with Gasteiger partial charge >= 0.3 is 0 Å². The fourth-order valence-corrected chi connectivity index (χ4v) is 2.19. The molecule has 7 heteroatoms. The zero-order chi connectivity index (χ0) is 12.4. The molecule has 17 heavy (non-hydrogen) atoms. The van der Waals surface area contributed by atoms with E-state index in [9.17, 15) is 9.18 Å². The third-order valence-electron chi connectivity index (χ3n) is 1.79. The van der Waals surface area contributed by atoms with Gasteiger partial charge in [-0.05, 0) is 18.2 Å². The molecule has 0 amide bonds. The fraction of sp³-hybridized carbons (Fsp3) is 0. The number of halogens is 3. The Bertz CT molecular complexity index is 573. The number of aromatic nitrogens is 1. The predicted octanol–water partition coefficient (Wildman–Crippen LogP) is 4.19. The molecule has 0 aliphatic rings. The molecule has 1 aromatic heterocycles. The quantitative estimate of drug-likeness (QED) is 0.796. The Hall–Kier alpha value is -1.17. The normalized spacial score (nSPS) is 10.3. The number of hydrogen-bond acceptors (Lipinski definition) is 4. The molecule has 88 valence electrons. The topological polar surface area (TPSA) is 39.2 Å². The van der Waals surface area contributed by atoms with Crippen LogP contribution in [0.15, 0.2) is 18.2 Å². The number of ether oxygens (including phenoxy) is 1. The average Bonchev–Trinajstić information content (AvgIpc) is 2.63. The molecule has 0 N–H and O–H groups in total. The van der Waals surface area contributed by atoms with E-state index in [1.54, 1.807) is 0 Å². The first-order valence-electron chi connectivity index (χ1n) is 4.34. The maximum atomic E-state index is 12.8. The van der Waals surface area contributed by atoms with Crippen LogP contribution in [0, 0.1) is 5.82 Å². The summed E-state index contributed by atoms with van der Waals surface area (Å²) in [5.74, 6) is -0.218. The summed E-state index contributed by atoms with van der Waals surface area (Å²) in [6.45, 7) is 0. The van der Waals surface area contributed by atoms with Gasteiger partial charge in [0.1, 0.15) is 16.4 Å². The lowest BCUT2D eigenvalue weighted by molar-refractivity contribution is 0.112. The second kappa shape index (κ2) is 5.00. The molecule has 2 rings (SSSR count). The van der Waals surface area contributed by atoms with Gasteiger partial charge in [0.15, 0.2) is 11.4 Å². The molecule has 0 fully saturated rings. The van der Waals surface area contributed by atoms with Gasteiger partial charge in [0, 0.05) is 0 Å². The second-order valence-corrected chi connectivity index (χ2v) is 4.69. The van der Waals surface area contributed by atoms with Crippen LogP contribution in [0.25, 0.3) is 0 Å². The summed E-state index contributed by atoms with van der Waals surface area (Å²) < 4.78 is 18.1. The molecular weight excluding hydrogens is 288 g/mol. The Balaban J connectivity index is 2.28. The van der Waals surface area contributed by atoms with Gasteiger partial charge in [0.2, 0.25) is 0 Å². The van der Waals surface area contributed by atoms with Crippen molar-refractivity contribution in [2.45, 2.75) is 0 Å². The number of nitrogens with zero attached hydrogens (tertiary/aromatic N) is 1. The van der Waals surface area contributed by atoms with Gasteiger partial charge in [0.05, 0.1) is 5.02 Å². The lowest BCUT2D eigenvalue weighted by Gasteiger charge is -2.03. The van der Waals surface area contributed by atoms with Crippen molar-refractivity contribution >= 4 is 40.8 Å². The Labute approximate surface area is 110 Å². The zero-order valence-corrected chi connectivity index (χ0v) is 10.4. The molecule has 0 radical (unpaired) electrons. The van der Waals surface area contributed by atoms with Crippen molar-refractivity contribution in [2.24, 2.45) is 0 Å². The van der Waals surface area contributed by atoms with E-state index in [4.69, 9.17) is 27.9 Å². The van der Waals surface area contributed by atoms with E-state index in [0.29, 0.717) is 6.29 Å². The maximum absolute atomic E-state index is 12.8. The average molecular weight is 292 g/mol. The van der Waals surface area contributed by atoms with Gasteiger partial charge in [-0.25, -0.2) is 4.39 Å². The molecule has 1 heterocycles. The smallest absolute Gasteiger partial charge is 0.280 e. The third-order valence-corrected chi connectivity index (χ3v) is 3.34. The van der Waals surface area contributed by atoms with Gasteiger partial charge in [0.25, 0.3) is 5.19 Å². The van der Waals surface area contributed by atoms with Crippen LogP contribution in [0.3, 0.4) is 0 Å². The third kappa shape index (κ3) is 2.74. The molecule has 2 aromatic rings. The van der Waals surface area contributed by atoms with Crippen LogP contribution < -0.4 is 4.74 Å². The van der Waals surface area contributed by atoms with Crippen LogP contribution in [0.1, 0.15) is 9.67 Å². The number of thiazole rings is 1. The Morgan fingerprint density at radius 2 is 2.18 bits per heavy atom. The maximum Gasteiger partial charge on any atom is 0.280 e. The van der Waals surface area contributed by atoms with Crippen molar-refractivity contribution < 1.29 is 13.9 Å². The summed E-state index contributed by atoms with van der Waals surface area (Å²) >= 11 is 12.4. The van der Waals surface area contributed by atoms with E-state index in [1.165, 1.54) is 12.1 Å². The standard InChI is InChI=1S/C10H4Cl2FNO2S/c11-6-3-5(13)1-2-7(6)16-10-14-9(12)8(4-15)17-10/h1-4H. The summed E-state index contributed by atoms with van der Waals surface area (Å²) in [4.78, 5) is 14.6. The summed E-state index contributed by atoms with van der Waals surface area (Å²) in [5.41, 5.74) is 0. The molecule has 0 saturated heterocycles. The van der Waals surface area contributed by atoms with Crippen LogP contribution >= 0.6 is 34.5 Å². The number of carbonyl (C=O) groups excluding carboxylic acids is 1. The molecule has 0 aliphatic carbocycles. The first kappa shape index (κ1) is 12.3. The Morgan fingerprint density at radius 1 is 1.41 bits per heavy atom. The van der Waals surface area contributed by atoms with Crippen molar-refractivity contribution in [3.8, 4) is 10.9 Å². The molecule has 0 unspecified atom stereocenters. The molecule has 0 saturated carbocycles. The van der Waals surface area contributed by atoms with Crippen LogP contribution in [0.4, 0.5) is 4.39 Å². The number of rotatable bonds is 3. The zero-order valence-electron chi connectivity index (χ0n) is 8.12. The number of aldehydes is 1. The van der Waals surface area contributed by atoms with Crippen molar-refractivity contribution in [1.29, 1.82) is 0 Å². The van der Waals surface area contributed by atoms with Crippen molar-refractivity contribution in [2.75, 3.05) is 0 Å². The summed E-state index contributed by atoms with van der Waals surface area (Å²) in [6.07, 6.45) is 0.582. The highest BCUT2D eigenvalue weighted by atomic mass is 35.5. The minimum Gasteiger partial charge on any atom is -0.429 e. The van der Waals surface area contributed by atoms with Crippen molar-refractivity contribution in [3.63, 3.8) is 0 Å². The van der Waals surface area contributed by atoms with Crippen LogP contribution in [0.5, 0.6) is 10.9 Å². The van der Waals surface area contributed by atoms with Crippen LogP contribution in [-0.2, 0) is 0 Å². The SMILES string of the molecule is O=Cc1sc(Oc2ccc(F)cc2Cl)nc1Cl. The van der Waals surface area contributed by atoms with Gasteiger partial charge in [-0.1, -0.05) is 34.5 Å². The minimum absolute atomic E-state index is 0.0678. The monoisotopic (exact) mass is 291 g/mol. The predicted molar refractivity (Wildman–Crippen MR) is 64.0 cm³/mol. The van der Waals surface area contributed by atoms with Gasteiger partial charge in [-0.15, -0.1) is 0 Å². The molecular formula is C10H4Cl2FNO2S. The highest BCUT2D eigenvalue weighted by Gasteiger charge is 2.12. The molecule has 3 nitrogen and oxygen atoms in total. The Kier molecular flexibility index (Phi) is 3.61. The van der Waals surface area contributed by atoms with Gasteiger partial charge in [-0.3, -0.25) is 4.79 Å². The molecule has 1 aromatic carbocycles. The first-order valence-corrected chi connectivity index (χ1v) is 5.92. The van der Waals surface area contributed by atoms with E-state index in [1.807, 2.05) is 0 Å². The fourth-order valence-electron chi connectivity index (χ4n) is 1.06. The highest BCUT2D eigenvalue weighted by molar-refractivity contribution is 7.15. The second-order valence-electron chi connectivity index (χ2n) is 2.93. The largest absolute Gasteiger partial charge is 0.429 e. The summed E-state index contributed by atoms with van der Waals surface area (Å²) in [7, 11) is 0. The Morgan fingerprint density at radius 3 is 2.76 bits per heavy atom. The molecule has 0 spiro atoms. The summed E-state index contributed by atoms with van der Waals surface area (Å²) in [6, 6.07) is 3.69. The van der Waals surface area contributed by atoms with Crippen LogP contribution in [0.2, 0.25) is 10.2 Å². The van der Waals surface area contributed by atoms with Crippen LogP contribution in [-0.4, -0.2) is 11.3 Å². The van der Waals surface area contributed by atoms with E-state index in [2.05, 4.69) is 4.98 Å². The molecule has 0 atom stereocenters. The van der Waals surface area contributed by atoms with E-state index < -0.39 is 5.82 Å². The number of hydrogen-bond donors (Lipinski definition) is 0. The number of carbonyl (C=O) groups is 1. The lowest BCUT2D eigenvalue weighted by atomic mass is 10.3. The van der Waals surface area contributed by atoms with E-state index in [-0.39, 0.29) is 26.0 Å². The van der Waals surface area contributed by atoms with Crippen molar-refractivity contribution in [3.05, 3.63) is 39.1 Å². The van der Waals surface area contributed by atoms with Crippen molar-refractivity contribution in [1.82, 2.24) is 4.98 Å². The molecule has 0 aliphatic heterocycles.